The lowest BCUT2D eigenvalue weighted by atomic mass is 10.0. The zero-order chi connectivity index (χ0) is 30.1. The second-order valence-electron chi connectivity index (χ2n) is 10.8. The molecule has 2 atom stereocenters. The number of ketones is 1. The van der Waals surface area contributed by atoms with Crippen molar-refractivity contribution in [1.29, 1.82) is 0 Å². The molecule has 2 amide bonds. The molecule has 0 aliphatic carbocycles. The molecule has 0 spiro atoms. The molecule has 5 rings (SSSR count). The normalized spacial score (nSPS) is 16.7. The number of hydrogen-bond donors (Lipinski definition) is 2. The van der Waals surface area contributed by atoms with Crippen molar-refractivity contribution in [3.05, 3.63) is 63.9 Å². The summed E-state index contributed by atoms with van der Waals surface area (Å²) in [5.74, 6) is 0.491. The van der Waals surface area contributed by atoms with Crippen molar-refractivity contribution in [2.75, 3.05) is 25.5 Å². The van der Waals surface area contributed by atoms with E-state index >= 15 is 0 Å². The maximum atomic E-state index is 13.8. The summed E-state index contributed by atoms with van der Waals surface area (Å²) in [6.07, 6.45) is 4.01. The van der Waals surface area contributed by atoms with Crippen LogP contribution in [-0.4, -0.2) is 73.4 Å². The van der Waals surface area contributed by atoms with Gasteiger partial charge in [-0.25, -0.2) is 15.0 Å². The number of pyridine rings is 1. The largest absolute Gasteiger partial charge is 0.329 e. The summed E-state index contributed by atoms with van der Waals surface area (Å²) >= 11 is 3.35. The average Bonchev–Trinajstić information content (AvgIpc) is 3.54. The molecule has 218 valence electrons. The van der Waals surface area contributed by atoms with Gasteiger partial charge in [0.2, 0.25) is 11.8 Å². The number of aryl methyl sites for hydroxylation is 3. The van der Waals surface area contributed by atoms with Crippen LogP contribution in [0.1, 0.15) is 40.8 Å². The molecular weight excluding hydrogens is 600 g/mol. The minimum atomic E-state index is -0.667. The number of carbonyl (C=O) groups is 3. The van der Waals surface area contributed by atoms with Gasteiger partial charge < -0.3 is 15.5 Å². The van der Waals surface area contributed by atoms with Crippen LogP contribution in [-0.2, 0) is 16.1 Å². The van der Waals surface area contributed by atoms with Crippen molar-refractivity contribution >= 4 is 50.2 Å². The average molecular weight is 634 g/mol. The molecule has 1 aromatic carbocycles. The minimum absolute atomic E-state index is 0.106. The summed E-state index contributed by atoms with van der Waals surface area (Å²) in [4.78, 5) is 54.6. The third kappa shape index (κ3) is 5.95. The topological polar surface area (TPSA) is 135 Å². The summed E-state index contributed by atoms with van der Waals surface area (Å²) in [6.45, 7) is 8.07. The SMILES string of the molecule is CNCC1CC(C(=O)Nc2nc(Br)ccc2C)N(C(=O)Cn2nc(C(C)=O)c3cc(-c4cnc(C)nc4)cc(C)c32)C1. The van der Waals surface area contributed by atoms with Crippen molar-refractivity contribution in [3.63, 3.8) is 0 Å². The number of rotatable bonds is 8. The van der Waals surface area contributed by atoms with E-state index in [4.69, 9.17) is 0 Å². The van der Waals surface area contributed by atoms with Crippen LogP contribution in [0.25, 0.3) is 22.0 Å². The Bertz CT molecular complexity index is 1680. The monoisotopic (exact) mass is 632 g/mol. The molecule has 4 aromatic rings. The Morgan fingerprint density at radius 2 is 1.79 bits per heavy atom. The third-order valence-corrected chi connectivity index (χ3v) is 8.02. The second kappa shape index (κ2) is 12.1. The second-order valence-corrected chi connectivity index (χ2v) is 11.6. The Kier molecular flexibility index (Phi) is 8.46. The first kappa shape index (κ1) is 29.5. The molecule has 1 aliphatic rings. The van der Waals surface area contributed by atoms with E-state index in [0.717, 1.165) is 22.3 Å². The molecule has 1 fully saturated rings. The van der Waals surface area contributed by atoms with E-state index in [1.54, 1.807) is 22.0 Å². The van der Waals surface area contributed by atoms with Gasteiger partial charge in [-0.05, 0) is 97.5 Å². The molecule has 3 aromatic heterocycles. The lowest BCUT2D eigenvalue weighted by Crippen LogP contribution is -2.44. The smallest absolute Gasteiger partial charge is 0.248 e. The van der Waals surface area contributed by atoms with E-state index < -0.39 is 6.04 Å². The van der Waals surface area contributed by atoms with Gasteiger partial charge in [-0.2, -0.15) is 5.10 Å². The first-order chi connectivity index (χ1) is 20.0. The lowest BCUT2D eigenvalue weighted by Gasteiger charge is -2.24. The van der Waals surface area contributed by atoms with Crippen LogP contribution in [0.3, 0.4) is 0 Å². The zero-order valence-electron chi connectivity index (χ0n) is 24.2. The van der Waals surface area contributed by atoms with Crippen LogP contribution < -0.4 is 10.6 Å². The number of fused-ring (bicyclic) bond motifs is 1. The summed E-state index contributed by atoms with van der Waals surface area (Å²) in [5, 5.41) is 11.3. The minimum Gasteiger partial charge on any atom is -0.329 e. The highest BCUT2D eigenvalue weighted by atomic mass is 79.9. The van der Waals surface area contributed by atoms with Crippen molar-refractivity contribution in [1.82, 2.24) is 34.9 Å². The van der Waals surface area contributed by atoms with Gasteiger partial charge in [-0.15, -0.1) is 0 Å². The fourth-order valence-corrected chi connectivity index (χ4v) is 5.85. The van der Waals surface area contributed by atoms with Gasteiger partial charge in [-0.3, -0.25) is 19.1 Å². The number of halogens is 1. The maximum Gasteiger partial charge on any atom is 0.248 e. The number of Topliss-reactive ketones (excluding diaryl/α,β-unsaturated/α-hetero) is 1. The third-order valence-electron chi connectivity index (χ3n) is 7.58. The van der Waals surface area contributed by atoms with E-state index in [-0.39, 0.29) is 35.8 Å². The first-order valence-electron chi connectivity index (χ1n) is 13.7. The molecule has 2 N–H and O–H groups in total. The van der Waals surface area contributed by atoms with Gasteiger partial charge in [-0.1, -0.05) is 6.07 Å². The van der Waals surface area contributed by atoms with Gasteiger partial charge in [0.15, 0.2) is 5.78 Å². The van der Waals surface area contributed by atoms with Crippen LogP contribution in [0.4, 0.5) is 5.82 Å². The standard InChI is InChI=1S/C30H33BrN8O3/c1-16-6-7-25(31)35-29(16)36-30(42)24-9-20(11-32-5)14-38(24)26(41)15-39-28-17(2)8-21(22-12-33-19(4)34-13-22)10-23(28)27(37-39)18(3)40/h6-8,10,12-13,20,24,32H,9,11,14-15H2,1-5H3,(H,35,36,42). The predicted octanol–water partition coefficient (Wildman–Crippen LogP) is 3.85. The Morgan fingerprint density at radius 1 is 1.05 bits per heavy atom. The number of amides is 2. The number of likely N-dealkylation sites (tertiary alicyclic amines) is 1. The van der Waals surface area contributed by atoms with Crippen LogP contribution >= 0.6 is 15.9 Å². The Labute approximate surface area is 252 Å². The number of nitrogens with zero attached hydrogens (tertiary/aromatic N) is 6. The quantitative estimate of drug-likeness (QED) is 0.221. The molecule has 12 heteroatoms. The molecular formula is C30H33BrN8O3. The molecule has 4 heterocycles. The Morgan fingerprint density at radius 3 is 2.48 bits per heavy atom. The van der Waals surface area contributed by atoms with Crippen LogP contribution in [0.15, 0.2) is 41.3 Å². The van der Waals surface area contributed by atoms with Gasteiger partial charge >= 0.3 is 0 Å². The fourth-order valence-electron chi connectivity index (χ4n) is 5.54. The van der Waals surface area contributed by atoms with Gasteiger partial charge in [0.25, 0.3) is 0 Å². The molecule has 0 radical (unpaired) electrons. The zero-order valence-corrected chi connectivity index (χ0v) is 25.8. The van der Waals surface area contributed by atoms with Crippen molar-refractivity contribution in [2.24, 2.45) is 5.92 Å². The Hall–Kier alpha value is -4.03. The van der Waals surface area contributed by atoms with Crippen molar-refractivity contribution in [3.8, 4) is 11.1 Å². The fraction of sp³-hybridized carbons (Fsp3) is 0.367. The van der Waals surface area contributed by atoms with Crippen LogP contribution in [0.5, 0.6) is 0 Å². The van der Waals surface area contributed by atoms with E-state index in [0.29, 0.717) is 46.7 Å². The summed E-state index contributed by atoms with van der Waals surface area (Å²) in [5.41, 5.74) is 4.34. The lowest BCUT2D eigenvalue weighted by molar-refractivity contribution is -0.137. The Balaban J connectivity index is 1.46. The van der Waals surface area contributed by atoms with Crippen LogP contribution in [0.2, 0.25) is 0 Å². The molecule has 1 aliphatic heterocycles. The highest BCUT2D eigenvalue weighted by Crippen LogP contribution is 2.31. The van der Waals surface area contributed by atoms with E-state index in [1.807, 2.05) is 52.1 Å². The number of hydrogen-bond acceptors (Lipinski definition) is 8. The summed E-state index contributed by atoms with van der Waals surface area (Å²) < 4.78 is 2.19. The number of anilines is 1. The summed E-state index contributed by atoms with van der Waals surface area (Å²) in [6, 6.07) is 6.87. The van der Waals surface area contributed by atoms with E-state index in [2.05, 4.69) is 46.6 Å². The van der Waals surface area contributed by atoms with Gasteiger partial charge in [0.05, 0.1) is 5.52 Å². The number of nitrogens with one attached hydrogen (secondary N) is 2. The summed E-state index contributed by atoms with van der Waals surface area (Å²) in [7, 11) is 1.85. The number of aromatic nitrogens is 5. The van der Waals surface area contributed by atoms with Crippen molar-refractivity contribution < 1.29 is 14.4 Å². The molecule has 42 heavy (non-hydrogen) atoms. The van der Waals surface area contributed by atoms with E-state index in [9.17, 15) is 14.4 Å². The van der Waals surface area contributed by atoms with E-state index in [1.165, 1.54) is 6.92 Å². The van der Waals surface area contributed by atoms with Crippen LogP contribution in [0, 0.1) is 26.7 Å². The highest BCUT2D eigenvalue weighted by molar-refractivity contribution is 9.10. The first-order valence-corrected chi connectivity index (χ1v) is 14.5. The molecule has 2 unspecified atom stereocenters. The van der Waals surface area contributed by atoms with Gasteiger partial charge in [0, 0.05) is 36.8 Å². The number of benzene rings is 1. The predicted molar refractivity (Wildman–Crippen MR) is 163 cm³/mol. The van der Waals surface area contributed by atoms with Gasteiger partial charge in [0.1, 0.15) is 34.5 Å². The van der Waals surface area contributed by atoms with Crippen molar-refractivity contribution in [2.45, 2.75) is 46.7 Å². The maximum absolute atomic E-state index is 13.8. The molecule has 11 nitrogen and oxygen atoms in total. The molecule has 1 saturated heterocycles. The molecule has 0 bridgehead atoms. The molecule has 0 saturated carbocycles. The number of carbonyl (C=O) groups excluding carboxylic acids is 3. The highest BCUT2D eigenvalue weighted by Gasteiger charge is 2.39.